The van der Waals surface area contributed by atoms with Gasteiger partial charge in [0.05, 0.1) is 5.56 Å². The van der Waals surface area contributed by atoms with Crippen LogP contribution in [0.15, 0.2) is 18.2 Å². The van der Waals surface area contributed by atoms with E-state index < -0.39 is 24.2 Å². The van der Waals surface area contributed by atoms with Gasteiger partial charge in [-0.05, 0) is 32.3 Å². The molecule has 1 rings (SSSR count). The van der Waals surface area contributed by atoms with Crippen LogP contribution in [0.25, 0.3) is 0 Å². The first kappa shape index (κ1) is 16.4. The number of carboxylic acid groups (broad SMARTS) is 1. The molecule has 0 heterocycles. The van der Waals surface area contributed by atoms with Crippen LogP contribution in [0.2, 0.25) is 5.02 Å². The van der Waals surface area contributed by atoms with Crippen molar-refractivity contribution < 1.29 is 19.1 Å². The zero-order valence-electron chi connectivity index (χ0n) is 11.3. The molecule has 1 amide bonds. The van der Waals surface area contributed by atoms with Crippen LogP contribution in [0, 0.1) is 5.82 Å². The Kier molecular flexibility index (Phi) is 5.91. The van der Waals surface area contributed by atoms with Crippen LogP contribution < -0.4 is 0 Å². The van der Waals surface area contributed by atoms with Gasteiger partial charge in [-0.1, -0.05) is 11.6 Å². The van der Waals surface area contributed by atoms with E-state index in [2.05, 4.69) is 0 Å². The first-order valence-electron chi connectivity index (χ1n) is 5.92. The highest BCUT2D eigenvalue weighted by Gasteiger charge is 2.21. The molecule has 0 aromatic heterocycles. The number of hydrogen-bond acceptors (Lipinski definition) is 3. The Morgan fingerprint density at radius 1 is 1.30 bits per heavy atom. The average Bonchev–Trinajstić information content (AvgIpc) is 2.33. The van der Waals surface area contributed by atoms with E-state index in [9.17, 15) is 14.0 Å². The number of benzene rings is 1. The van der Waals surface area contributed by atoms with Gasteiger partial charge in [-0.25, -0.2) is 4.39 Å². The van der Waals surface area contributed by atoms with Gasteiger partial charge in [-0.2, -0.15) is 0 Å². The third-order valence-electron chi connectivity index (χ3n) is 2.59. The smallest absolute Gasteiger partial charge is 0.323 e. The minimum atomic E-state index is -1.15. The second-order valence-electron chi connectivity index (χ2n) is 4.55. The molecule has 7 heteroatoms. The Morgan fingerprint density at radius 3 is 2.45 bits per heavy atom. The van der Waals surface area contributed by atoms with E-state index in [4.69, 9.17) is 16.7 Å². The Hall–Kier alpha value is -1.66. The summed E-state index contributed by atoms with van der Waals surface area (Å²) in [7, 11) is 3.60. The number of carbonyl (C=O) groups is 2. The Morgan fingerprint density at radius 2 is 1.95 bits per heavy atom. The van der Waals surface area contributed by atoms with Crippen LogP contribution in [0.5, 0.6) is 0 Å². The second-order valence-corrected chi connectivity index (χ2v) is 4.98. The number of amides is 1. The van der Waals surface area contributed by atoms with Crippen LogP contribution in [0.4, 0.5) is 4.39 Å². The summed E-state index contributed by atoms with van der Waals surface area (Å²) in [5, 5.41) is 9.01. The molecule has 0 atom stereocenters. The molecule has 1 aromatic carbocycles. The maximum absolute atomic E-state index is 13.7. The molecule has 20 heavy (non-hydrogen) atoms. The molecule has 0 aliphatic rings. The summed E-state index contributed by atoms with van der Waals surface area (Å²) in [6, 6.07) is 3.67. The predicted molar refractivity (Wildman–Crippen MR) is 73.5 cm³/mol. The molecule has 0 aliphatic carbocycles. The highest BCUT2D eigenvalue weighted by molar-refractivity contribution is 6.30. The number of likely N-dealkylation sites (N-methyl/N-ethyl adjacent to an activating group) is 1. The van der Waals surface area contributed by atoms with Crippen molar-refractivity contribution in [2.24, 2.45) is 0 Å². The van der Waals surface area contributed by atoms with Crippen molar-refractivity contribution in [1.29, 1.82) is 0 Å². The average molecular weight is 303 g/mol. The second kappa shape index (κ2) is 7.21. The van der Waals surface area contributed by atoms with Crippen LogP contribution in [-0.2, 0) is 4.79 Å². The molecule has 0 unspecified atom stereocenters. The zero-order chi connectivity index (χ0) is 15.3. The molecule has 5 nitrogen and oxygen atoms in total. The summed E-state index contributed by atoms with van der Waals surface area (Å²) >= 11 is 5.62. The van der Waals surface area contributed by atoms with Gasteiger partial charge in [0.15, 0.2) is 0 Å². The van der Waals surface area contributed by atoms with E-state index in [0.717, 1.165) is 11.0 Å². The predicted octanol–water partition coefficient (Wildman–Crippen LogP) is 1.57. The fraction of sp³-hybridized carbons (Fsp3) is 0.385. The molecular weight excluding hydrogens is 287 g/mol. The van der Waals surface area contributed by atoms with Gasteiger partial charge < -0.3 is 14.9 Å². The number of halogens is 2. The molecule has 0 fully saturated rings. The van der Waals surface area contributed by atoms with Gasteiger partial charge >= 0.3 is 5.97 Å². The molecule has 1 N–H and O–H groups in total. The van der Waals surface area contributed by atoms with Crippen molar-refractivity contribution in [2.75, 3.05) is 33.7 Å². The monoisotopic (exact) mass is 302 g/mol. The summed E-state index contributed by atoms with van der Waals surface area (Å²) in [5.41, 5.74) is -0.186. The summed E-state index contributed by atoms with van der Waals surface area (Å²) in [6.07, 6.45) is 0. The number of nitrogens with zero attached hydrogens (tertiary/aromatic N) is 2. The molecular formula is C13H16ClFN2O3. The van der Waals surface area contributed by atoms with E-state index in [1.807, 2.05) is 0 Å². The standard InChI is InChI=1S/C13H16ClFN2O3/c1-16(2)5-6-17(8-12(18)19)13(20)10-4-3-9(14)7-11(10)15/h3-4,7H,5-6,8H2,1-2H3,(H,18,19). The highest BCUT2D eigenvalue weighted by atomic mass is 35.5. The molecule has 1 aromatic rings. The maximum Gasteiger partial charge on any atom is 0.323 e. The quantitative estimate of drug-likeness (QED) is 0.866. The first-order valence-corrected chi connectivity index (χ1v) is 6.30. The normalized spacial score (nSPS) is 10.7. The van der Waals surface area contributed by atoms with Gasteiger partial charge in [0.1, 0.15) is 12.4 Å². The Labute approximate surface area is 121 Å². The van der Waals surface area contributed by atoms with Gasteiger partial charge in [-0.3, -0.25) is 9.59 Å². The van der Waals surface area contributed by atoms with Gasteiger partial charge in [0.25, 0.3) is 5.91 Å². The fourth-order valence-electron chi connectivity index (χ4n) is 1.57. The lowest BCUT2D eigenvalue weighted by atomic mass is 10.2. The lowest BCUT2D eigenvalue weighted by molar-refractivity contribution is -0.137. The minimum absolute atomic E-state index is 0.178. The van der Waals surface area contributed by atoms with Crippen LogP contribution in [0.3, 0.4) is 0 Å². The fourth-order valence-corrected chi connectivity index (χ4v) is 1.73. The van der Waals surface area contributed by atoms with Crippen LogP contribution >= 0.6 is 11.6 Å². The third-order valence-corrected chi connectivity index (χ3v) is 2.83. The van der Waals surface area contributed by atoms with E-state index in [1.54, 1.807) is 19.0 Å². The minimum Gasteiger partial charge on any atom is -0.480 e. The van der Waals surface area contributed by atoms with Crippen molar-refractivity contribution >= 4 is 23.5 Å². The van der Waals surface area contributed by atoms with Gasteiger partial charge in [-0.15, -0.1) is 0 Å². The molecule has 0 saturated carbocycles. The summed E-state index contributed by atoms with van der Waals surface area (Å²) < 4.78 is 13.7. The number of rotatable bonds is 6. The lowest BCUT2D eigenvalue weighted by Crippen LogP contribution is -2.40. The molecule has 0 radical (unpaired) electrons. The highest BCUT2D eigenvalue weighted by Crippen LogP contribution is 2.16. The summed E-state index contributed by atoms with van der Waals surface area (Å²) in [4.78, 5) is 25.9. The van der Waals surface area contributed by atoms with Crippen molar-refractivity contribution in [1.82, 2.24) is 9.80 Å². The Balaban J connectivity index is 2.93. The number of carboxylic acids is 1. The summed E-state index contributed by atoms with van der Waals surface area (Å²) in [6.45, 7) is 0.198. The van der Waals surface area contributed by atoms with Crippen LogP contribution in [0.1, 0.15) is 10.4 Å². The van der Waals surface area contributed by atoms with Crippen molar-refractivity contribution in [3.63, 3.8) is 0 Å². The van der Waals surface area contributed by atoms with Gasteiger partial charge in [0.2, 0.25) is 0 Å². The van der Waals surface area contributed by atoms with Crippen molar-refractivity contribution in [3.8, 4) is 0 Å². The van der Waals surface area contributed by atoms with Crippen LogP contribution in [-0.4, -0.2) is 60.5 Å². The first-order chi connectivity index (χ1) is 9.31. The number of carbonyl (C=O) groups excluding carboxylic acids is 1. The molecule has 0 bridgehead atoms. The molecule has 0 spiro atoms. The molecule has 110 valence electrons. The third kappa shape index (κ3) is 4.79. The number of aliphatic carboxylic acids is 1. The van der Waals surface area contributed by atoms with Crippen molar-refractivity contribution in [3.05, 3.63) is 34.6 Å². The van der Waals surface area contributed by atoms with Gasteiger partial charge in [0, 0.05) is 18.1 Å². The van der Waals surface area contributed by atoms with E-state index in [1.165, 1.54) is 12.1 Å². The summed E-state index contributed by atoms with van der Waals surface area (Å²) in [5.74, 6) is -2.57. The topological polar surface area (TPSA) is 60.9 Å². The largest absolute Gasteiger partial charge is 0.480 e. The van der Waals surface area contributed by atoms with E-state index >= 15 is 0 Å². The van der Waals surface area contributed by atoms with Crippen molar-refractivity contribution in [2.45, 2.75) is 0 Å². The van der Waals surface area contributed by atoms with E-state index in [0.29, 0.717) is 6.54 Å². The lowest BCUT2D eigenvalue weighted by Gasteiger charge is -2.23. The van der Waals surface area contributed by atoms with E-state index in [-0.39, 0.29) is 17.1 Å². The molecule has 0 saturated heterocycles. The number of hydrogen-bond donors (Lipinski definition) is 1. The molecule has 0 aliphatic heterocycles. The zero-order valence-corrected chi connectivity index (χ0v) is 12.0. The SMILES string of the molecule is CN(C)CCN(CC(=O)O)C(=O)c1ccc(Cl)cc1F. The maximum atomic E-state index is 13.7. The Bertz CT molecular complexity index is 508.